The van der Waals surface area contributed by atoms with Crippen LogP contribution in [0.1, 0.15) is 5.69 Å². The highest BCUT2D eigenvalue weighted by molar-refractivity contribution is 5.97. The molecule has 0 spiro atoms. The second kappa shape index (κ2) is 8.50. The number of pyridine rings is 1. The average Bonchev–Trinajstić information content (AvgIpc) is 3.30. The number of ether oxygens (including phenoxy) is 1. The van der Waals surface area contributed by atoms with Gasteiger partial charge in [0, 0.05) is 36.8 Å². The molecule has 0 saturated heterocycles. The zero-order chi connectivity index (χ0) is 24.7. The lowest BCUT2D eigenvalue weighted by molar-refractivity contribution is 0.386. The SMILES string of the molecule is [C-]#[N+]c1cc(-c2ccc(C)nc2)c2nc(-c3cn(C)cn3)n(-c3ccc(OC)c(F)c3)c(=O)c2c1. The summed E-state index contributed by atoms with van der Waals surface area (Å²) in [7, 11) is 3.17. The topological polar surface area (TPSA) is 79.2 Å². The third-order valence-corrected chi connectivity index (χ3v) is 5.64. The fourth-order valence-corrected chi connectivity index (χ4v) is 3.92. The molecule has 0 atom stereocenters. The Hall–Kier alpha value is -4.84. The van der Waals surface area contributed by atoms with Gasteiger partial charge in [-0.15, -0.1) is 0 Å². The van der Waals surface area contributed by atoms with E-state index in [9.17, 15) is 9.18 Å². The van der Waals surface area contributed by atoms with Gasteiger partial charge >= 0.3 is 0 Å². The van der Waals surface area contributed by atoms with Crippen LogP contribution in [-0.2, 0) is 7.05 Å². The van der Waals surface area contributed by atoms with Gasteiger partial charge in [-0.05, 0) is 42.8 Å². The van der Waals surface area contributed by atoms with Crippen molar-refractivity contribution in [1.82, 2.24) is 24.1 Å². The maximum atomic E-state index is 14.6. The molecule has 0 unspecified atom stereocenters. The number of nitrogens with zero attached hydrogens (tertiary/aromatic N) is 6. The molecule has 2 aromatic carbocycles. The number of methoxy groups -OCH3 is 1. The van der Waals surface area contributed by atoms with E-state index in [-0.39, 0.29) is 28.3 Å². The number of aryl methyl sites for hydroxylation is 2. The summed E-state index contributed by atoms with van der Waals surface area (Å²) in [6, 6.07) is 11.2. The Labute approximate surface area is 199 Å². The predicted molar refractivity (Wildman–Crippen MR) is 130 cm³/mol. The monoisotopic (exact) mass is 466 g/mol. The molecule has 0 radical (unpaired) electrons. The molecular weight excluding hydrogens is 447 g/mol. The number of halogens is 1. The molecule has 172 valence electrons. The number of hydrogen-bond donors (Lipinski definition) is 0. The Morgan fingerprint density at radius 2 is 1.94 bits per heavy atom. The van der Waals surface area contributed by atoms with Gasteiger partial charge in [-0.2, -0.15) is 0 Å². The summed E-state index contributed by atoms with van der Waals surface area (Å²) in [6.45, 7) is 9.43. The van der Waals surface area contributed by atoms with Crippen LogP contribution in [0.25, 0.3) is 44.1 Å². The molecular formula is C26H19FN6O2. The lowest BCUT2D eigenvalue weighted by Crippen LogP contribution is -2.22. The van der Waals surface area contributed by atoms with Crippen molar-refractivity contribution in [2.45, 2.75) is 6.92 Å². The van der Waals surface area contributed by atoms with Crippen LogP contribution in [0.4, 0.5) is 10.1 Å². The molecule has 8 nitrogen and oxygen atoms in total. The Balaban J connectivity index is 1.91. The van der Waals surface area contributed by atoms with Crippen LogP contribution in [0.15, 0.2) is 66.0 Å². The highest BCUT2D eigenvalue weighted by atomic mass is 19.1. The van der Waals surface area contributed by atoms with Gasteiger partial charge in [-0.1, -0.05) is 6.07 Å². The number of imidazole rings is 1. The minimum atomic E-state index is -0.620. The zero-order valence-electron chi connectivity index (χ0n) is 19.2. The van der Waals surface area contributed by atoms with Crippen LogP contribution in [0.2, 0.25) is 0 Å². The quantitative estimate of drug-likeness (QED) is 0.354. The molecule has 0 N–H and O–H groups in total. The number of rotatable bonds is 4. The second-order valence-electron chi connectivity index (χ2n) is 8.01. The van der Waals surface area contributed by atoms with Crippen molar-refractivity contribution >= 4 is 16.6 Å². The molecule has 3 aromatic heterocycles. The Kier molecular flexibility index (Phi) is 5.34. The Morgan fingerprint density at radius 3 is 2.57 bits per heavy atom. The van der Waals surface area contributed by atoms with E-state index in [1.54, 1.807) is 42.5 Å². The maximum absolute atomic E-state index is 14.6. The van der Waals surface area contributed by atoms with Gasteiger partial charge in [-0.3, -0.25) is 14.3 Å². The van der Waals surface area contributed by atoms with Crippen LogP contribution in [-0.4, -0.2) is 31.2 Å². The van der Waals surface area contributed by atoms with Crippen molar-refractivity contribution in [3.63, 3.8) is 0 Å². The van der Waals surface area contributed by atoms with Gasteiger partial charge in [0.1, 0.15) is 5.69 Å². The van der Waals surface area contributed by atoms with Crippen LogP contribution in [0.5, 0.6) is 5.75 Å². The third kappa shape index (κ3) is 3.81. The fraction of sp³-hybridized carbons (Fsp3) is 0.115. The standard InChI is InChI=1S/C26H19FN6O2/c1-15-5-6-16(12-29-15)19-9-17(28-2)10-20-24(19)31-25(22-13-32(3)14-30-22)33(26(20)34)18-7-8-23(35-4)21(27)11-18/h5-14H,1,3-4H3. The van der Waals surface area contributed by atoms with E-state index < -0.39 is 11.4 Å². The van der Waals surface area contributed by atoms with Gasteiger partial charge in [0.15, 0.2) is 23.1 Å². The van der Waals surface area contributed by atoms with Gasteiger partial charge in [0.25, 0.3) is 5.56 Å². The van der Waals surface area contributed by atoms with Crippen molar-refractivity contribution in [3.05, 3.63) is 94.5 Å². The van der Waals surface area contributed by atoms with E-state index >= 15 is 0 Å². The van der Waals surface area contributed by atoms with Crippen molar-refractivity contribution in [2.75, 3.05) is 7.11 Å². The number of aromatic nitrogens is 5. The van der Waals surface area contributed by atoms with Gasteiger partial charge in [0.2, 0.25) is 0 Å². The summed E-state index contributed by atoms with van der Waals surface area (Å²) >= 11 is 0. The largest absolute Gasteiger partial charge is 0.494 e. The first kappa shape index (κ1) is 22.0. The van der Waals surface area contributed by atoms with E-state index in [4.69, 9.17) is 16.3 Å². The maximum Gasteiger partial charge on any atom is 0.265 e. The van der Waals surface area contributed by atoms with Crippen molar-refractivity contribution in [3.8, 4) is 34.1 Å². The summed E-state index contributed by atoms with van der Waals surface area (Å²) in [5.41, 5.74) is 3.09. The molecule has 0 fully saturated rings. The van der Waals surface area contributed by atoms with E-state index in [1.807, 2.05) is 19.1 Å². The lowest BCUT2D eigenvalue weighted by atomic mass is 10.0. The third-order valence-electron chi connectivity index (χ3n) is 5.64. The zero-order valence-corrected chi connectivity index (χ0v) is 19.2. The smallest absolute Gasteiger partial charge is 0.265 e. The van der Waals surface area contributed by atoms with Crippen LogP contribution in [0.3, 0.4) is 0 Å². The van der Waals surface area contributed by atoms with Gasteiger partial charge in [-0.25, -0.2) is 19.2 Å². The van der Waals surface area contributed by atoms with E-state index in [0.717, 1.165) is 11.3 Å². The molecule has 5 rings (SSSR count). The lowest BCUT2D eigenvalue weighted by Gasteiger charge is -2.15. The van der Waals surface area contributed by atoms with Crippen LogP contribution < -0.4 is 10.3 Å². The first-order valence-corrected chi connectivity index (χ1v) is 10.6. The van der Waals surface area contributed by atoms with Gasteiger partial charge < -0.3 is 9.30 Å². The fourth-order valence-electron chi connectivity index (χ4n) is 3.92. The molecule has 9 heteroatoms. The van der Waals surface area contributed by atoms with E-state index in [0.29, 0.717) is 16.8 Å². The summed E-state index contributed by atoms with van der Waals surface area (Å²) in [5.74, 6) is -0.325. The molecule has 35 heavy (non-hydrogen) atoms. The molecule has 0 saturated carbocycles. The average molecular weight is 466 g/mol. The molecule has 5 aromatic rings. The minimum Gasteiger partial charge on any atom is -0.494 e. The second-order valence-corrected chi connectivity index (χ2v) is 8.01. The van der Waals surface area contributed by atoms with E-state index in [1.165, 1.54) is 29.9 Å². The predicted octanol–water partition coefficient (Wildman–Crippen LogP) is 4.86. The van der Waals surface area contributed by atoms with Crippen LogP contribution in [0, 0.1) is 19.3 Å². The summed E-state index contributed by atoms with van der Waals surface area (Å²) in [6.07, 6.45) is 5.01. The van der Waals surface area contributed by atoms with Crippen molar-refractivity contribution in [1.29, 1.82) is 0 Å². The van der Waals surface area contributed by atoms with Crippen molar-refractivity contribution in [2.24, 2.45) is 7.05 Å². The highest BCUT2D eigenvalue weighted by Gasteiger charge is 2.20. The van der Waals surface area contributed by atoms with Gasteiger partial charge in [0.05, 0.1) is 36.6 Å². The number of benzene rings is 2. The van der Waals surface area contributed by atoms with Crippen molar-refractivity contribution < 1.29 is 9.13 Å². The molecule has 0 aliphatic rings. The minimum absolute atomic E-state index is 0.0550. The molecule has 0 bridgehead atoms. The Bertz CT molecular complexity index is 1700. The molecule has 0 amide bonds. The normalized spacial score (nSPS) is 10.9. The first-order chi connectivity index (χ1) is 16.9. The summed E-state index contributed by atoms with van der Waals surface area (Å²) in [4.78, 5) is 31.1. The first-order valence-electron chi connectivity index (χ1n) is 10.6. The van der Waals surface area contributed by atoms with E-state index in [2.05, 4.69) is 14.8 Å². The molecule has 3 heterocycles. The summed E-state index contributed by atoms with van der Waals surface area (Å²) in [5, 5.41) is 0.227. The number of hydrogen-bond acceptors (Lipinski definition) is 5. The Morgan fingerprint density at radius 1 is 1.11 bits per heavy atom. The summed E-state index contributed by atoms with van der Waals surface area (Å²) < 4.78 is 22.7. The highest BCUT2D eigenvalue weighted by Crippen LogP contribution is 2.33. The van der Waals surface area contributed by atoms with Crippen LogP contribution >= 0.6 is 0 Å². The molecule has 0 aliphatic heterocycles. The number of fused-ring (bicyclic) bond motifs is 1. The molecule has 0 aliphatic carbocycles.